The Hall–Kier alpha value is -2.25. The van der Waals surface area contributed by atoms with Crippen LogP contribution in [0.2, 0.25) is 0 Å². The third-order valence-electron chi connectivity index (χ3n) is 5.15. The Morgan fingerprint density at radius 3 is 2.09 bits per heavy atom. The lowest BCUT2D eigenvalue weighted by molar-refractivity contribution is -0.142. The number of nitrogens with two attached hydrogens (primary N) is 1. The molecule has 0 fully saturated rings. The van der Waals surface area contributed by atoms with Gasteiger partial charge in [0.1, 0.15) is 18.1 Å². The summed E-state index contributed by atoms with van der Waals surface area (Å²) in [4.78, 5) is 57.0. The van der Waals surface area contributed by atoms with Crippen LogP contribution in [0.1, 0.15) is 38.8 Å². The minimum atomic E-state index is -1.20. The van der Waals surface area contributed by atoms with Crippen molar-refractivity contribution in [2.24, 2.45) is 11.7 Å². The number of carbonyl (C=O) groups is 4. The highest BCUT2D eigenvalue weighted by Gasteiger charge is 2.30. The van der Waals surface area contributed by atoms with Crippen LogP contribution in [0.5, 0.6) is 0 Å². The van der Waals surface area contributed by atoms with Crippen molar-refractivity contribution in [3.63, 3.8) is 0 Å². The molecule has 1 aromatic heterocycles. The van der Waals surface area contributed by atoms with Crippen LogP contribution < -0.4 is 21.7 Å². The van der Waals surface area contributed by atoms with Crippen molar-refractivity contribution >= 4 is 47.2 Å². The van der Waals surface area contributed by atoms with E-state index in [4.69, 9.17) is 5.73 Å². The summed E-state index contributed by atoms with van der Waals surface area (Å²) >= 11 is 3.10. The maximum absolute atomic E-state index is 13.1. The predicted molar refractivity (Wildman–Crippen MR) is 139 cm³/mol. The Morgan fingerprint density at radius 1 is 0.971 bits per heavy atom. The minimum absolute atomic E-state index is 0.0176. The van der Waals surface area contributed by atoms with Gasteiger partial charge in [-0.2, -0.15) is 23.5 Å². The number of rotatable bonds is 17. The molecule has 0 bridgehead atoms. The maximum Gasteiger partial charge on any atom is 0.326 e. The fourth-order valence-electron chi connectivity index (χ4n) is 3.22. The number of H-pyrrole nitrogens is 1. The summed E-state index contributed by atoms with van der Waals surface area (Å²) in [6.45, 7) is 3.78. The van der Waals surface area contributed by atoms with Crippen molar-refractivity contribution in [1.29, 1.82) is 0 Å². The van der Waals surface area contributed by atoms with Gasteiger partial charge in [0.25, 0.3) is 0 Å². The summed E-state index contributed by atoms with van der Waals surface area (Å²) in [6, 6.07) is -3.76. The summed E-state index contributed by atoms with van der Waals surface area (Å²) in [5.41, 5.74) is 6.50. The van der Waals surface area contributed by atoms with E-state index in [2.05, 4.69) is 25.9 Å². The number of aliphatic carboxylic acids is 1. The third-order valence-corrected chi connectivity index (χ3v) is 6.43. The number of nitrogens with one attached hydrogen (secondary N) is 4. The number of aromatic nitrogens is 2. The van der Waals surface area contributed by atoms with Gasteiger partial charge in [0, 0.05) is 18.3 Å². The topological polar surface area (TPSA) is 179 Å². The Labute approximate surface area is 214 Å². The van der Waals surface area contributed by atoms with Gasteiger partial charge >= 0.3 is 5.97 Å². The number of imidazole rings is 1. The van der Waals surface area contributed by atoms with Gasteiger partial charge in [0.2, 0.25) is 17.7 Å². The van der Waals surface area contributed by atoms with Gasteiger partial charge in [-0.05, 0) is 49.2 Å². The average Bonchev–Trinajstić information content (AvgIpc) is 3.31. The van der Waals surface area contributed by atoms with Gasteiger partial charge in [-0.3, -0.25) is 14.4 Å². The van der Waals surface area contributed by atoms with E-state index in [1.54, 1.807) is 11.8 Å². The van der Waals surface area contributed by atoms with Crippen molar-refractivity contribution in [3.05, 3.63) is 18.2 Å². The monoisotopic (exact) mass is 530 g/mol. The summed E-state index contributed by atoms with van der Waals surface area (Å²) in [6.07, 6.45) is 7.88. The number of nitrogens with zero attached hydrogens (tertiary/aromatic N) is 1. The van der Waals surface area contributed by atoms with E-state index in [1.165, 1.54) is 24.3 Å². The molecule has 35 heavy (non-hydrogen) atoms. The van der Waals surface area contributed by atoms with Crippen LogP contribution in [0.3, 0.4) is 0 Å². The Balaban J connectivity index is 2.93. The molecule has 7 N–H and O–H groups in total. The zero-order valence-electron chi connectivity index (χ0n) is 20.7. The van der Waals surface area contributed by atoms with Crippen molar-refractivity contribution < 1.29 is 24.3 Å². The smallest absolute Gasteiger partial charge is 0.326 e. The second-order valence-electron chi connectivity index (χ2n) is 8.60. The zero-order chi connectivity index (χ0) is 26.4. The van der Waals surface area contributed by atoms with Gasteiger partial charge in [-0.25, -0.2) is 9.78 Å². The van der Waals surface area contributed by atoms with E-state index in [1.807, 2.05) is 26.4 Å². The molecule has 1 heterocycles. The summed E-state index contributed by atoms with van der Waals surface area (Å²) in [7, 11) is 0. The van der Waals surface area contributed by atoms with Crippen molar-refractivity contribution in [2.45, 2.75) is 63.7 Å². The number of aromatic amines is 1. The lowest BCUT2D eigenvalue weighted by atomic mass is 10.0. The Kier molecular flexibility index (Phi) is 14.4. The van der Waals surface area contributed by atoms with Crippen LogP contribution in [-0.4, -0.2) is 86.9 Å². The number of hydrogen-bond donors (Lipinski definition) is 6. The normalized spacial score (nSPS) is 14.6. The van der Waals surface area contributed by atoms with E-state index < -0.39 is 47.9 Å². The summed E-state index contributed by atoms with van der Waals surface area (Å²) in [5, 5.41) is 17.5. The molecule has 198 valence electrons. The fourth-order valence-corrected chi connectivity index (χ4v) is 4.18. The molecule has 1 rings (SSSR count). The average molecular weight is 531 g/mol. The molecular formula is C22H38N6O5S2. The van der Waals surface area contributed by atoms with Crippen LogP contribution in [0.25, 0.3) is 0 Å². The molecule has 1 aromatic rings. The number of carboxylic acid groups (broad SMARTS) is 1. The Morgan fingerprint density at radius 2 is 1.54 bits per heavy atom. The number of thioether (sulfide) groups is 2. The molecular weight excluding hydrogens is 492 g/mol. The van der Waals surface area contributed by atoms with Crippen molar-refractivity contribution in [3.8, 4) is 0 Å². The van der Waals surface area contributed by atoms with Crippen molar-refractivity contribution in [1.82, 2.24) is 25.9 Å². The molecule has 0 aliphatic rings. The SMILES string of the molecule is CSCCC(N)C(=O)NC(CCSC)C(=O)NC(CC(C)C)C(=O)NC(Cc1cnc[nH]1)C(=O)O. The van der Waals surface area contributed by atoms with Crippen LogP contribution in [0, 0.1) is 5.92 Å². The van der Waals surface area contributed by atoms with Crippen LogP contribution in [-0.2, 0) is 25.6 Å². The quantitative estimate of drug-likeness (QED) is 0.166. The first kappa shape index (κ1) is 30.8. The molecule has 13 heteroatoms. The van der Waals surface area contributed by atoms with Gasteiger partial charge in [0.15, 0.2) is 0 Å². The predicted octanol–water partition coefficient (Wildman–Crippen LogP) is 0.371. The second-order valence-corrected chi connectivity index (χ2v) is 10.6. The highest BCUT2D eigenvalue weighted by Crippen LogP contribution is 2.09. The van der Waals surface area contributed by atoms with Crippen molar-refractivity contribution in [2.75, 3.05) is 24.0 Å². The van der Waals surface area contributed by atoms with Crippen LogP contribution >= 0.6 is 23.5 Å². The lowest BCUT2D eigenvalue weighted by Gasteiger charge is -2.26. The molecule has 11 nitrogen and oxygen atoms in total. The van der Waals surface area contributed by atoms with Gasteiger partial charge in [-0.1, -0.05) is 13.8 Å². The van der Waals surface area contributed by atoms with Gasteiger partial charge in [0.05, 0.1) is 12.4 Å². The molecule has 0 aromatic carbocycles. The molecule has 0 saturated carbocycles. The largest absolute Gasteiger partial charge is 0.480 e. The molecule has 3 amide bonds. The van der Waals surface area contributed by atoms with E-state index in [9.17, 15) is 24.3 Å². The molecule has 0 spiro atoms. The van der Waals surface area contributed by atoms with E-state index >= 15 is 0 Å². The van der Waals surface area contributed by atoms with E-state index in [0.29, 0.717) is 30.7 Å². The molecule has 4 atom stereocenters. The summed E-state index contributed by atoms with van der Waals surface area (Å²) < 4.78 is 0. The first-order valence-electron chi connectivity index (χ1n) is 11.4. The zero-order valence-corrected chi connectivity index (χ0v) is 22.3. The van der Waals surface area contributed by atoms with Crippen LogP contribution in [0.15, 0.2) is 12.5 Å². The van der Waals surface area contributed by atoms with Gasteiger partial charge < -0.3 is 31.8 Å². The highest BCUT2D eigenvalue weighted by atomic mass is 32.2. The lowest BCUT2D eigenvalue weighted by Crippen LogP contribution is -2.57. The van der Waals surface area contributed by atoms with Crippen LogP contribution in [0.4, 0.5) is 0 Å². The standard InChI is InChI=1S/C22H38N6O5S2/c1-13(2)9-17(21(31)28-18(22(32)33)10-14-11-24-12-25-14)27-20(30)16(6-8-35-4)26-19(29)15(23)5-7-34-3/h11-13,15-18H,5-10,23H2,1-4H3,(H,24,25)(H,26,29)(H,27,30)(H,28,31)(H,32,33). The maximum atomic E-state index is 13.1. The Bertz CT molecular complexity index is 808. The van der Waals surface area contributed by atoms with E-state index in [-0.39, 0.29) is 12.3 Å². The summed E-state index contributed by atoms with van der Waals surface area (Å²) in [5.74, 6) is -1.36. The molecule has 0 radical (unpaired) electrons. The fraction of sp³-hybridized carbons (Fsp3) is 0.682. The molecule has 0 saturated heterocycles. The second kappa shape index (κ2) is 16.4. The molecule has 4 unspecified atom stereocenters. The number of carboxylic acids is 1. The minimum Gasteiger partial charge on any atom is -0.480 e. The number of amides is 3. The third kappa shape index (κ3) is 11.8. The van der Waals surface area contributed by atoms with Gasteiger partial charge in [-0.15, -0.1) is 0 Å². The van der Waals surface area contributed by atoms with E-state index in [0.717, 1.165) is 5.75 Å². The number of carbonyl (C=O) groups excluding carboxylic acids is 3. The molecule has 0 aliphatic heterocycles. The highest BCUT2D eigenvalue weighted by molar-refractivity contribution is 7.98. The molecule has 0 aliphatic carbocycles. The number of hydrogen-bond acceptors (Lipinski definition) is 8. The first-order chi connectivity index (χ1) is 16.6. The first-order valence-corrected chi connectivity index (χ1v) is 14.2.